The number of nitrogens with zero attached hydrogens (tertiary/aromatic N) is 1. The molecular weight excluding hydrogens is 278 g/mol. The van der Waals surface area contributed by atoms with Gasteiger partial charge in [-0.05, 0) is 25.1 Å². The first-order valence-corrected chi connectivity index (χ1v) is 7.49. The summed E-state index contributed by atoms with van der Waals surface area (Å²) in [5.74, 6) is 0.792. The molecule has 1 aromatic carbocycles. The molecule has 1 atom stereocenters. The Morgan fingerprint density at radius 1 is 1.36 bits per heavy atom. The van der Waals surface area contributed by atoms with E-state index < -0.39 is 0 Å². The van der Waals surface area contributed by atoms with Crippen molar-refractivity contribution in [2.45, 2.75) is 12.5 Å². The van der Waals surface area contributed by atoms with Crippen molar-refractivity contribution in [2.24, 2.45) is 11.5 Å². The van der Waals surface area contributed by atoms with Crippen molar-refractivity contribution in [3.8, 4) is 5.75 Å². The second kappa shape index (κ2) is 5.46. The van der Waals surface area contributed by atoms with Gasteiger partial charge in [-0.2, -0.15) is 0 Å². The molecule has 2 aliphatic heterocycles. The molecule has 0 spiro atoms. The molecule has 118 valence electrons. The molecule has 2 aliphatic rings. The largest absolute Gasteiger partial charge is 0.507 e. The molecule has 0 bridgehead atoms. The van der Waals surface area contributed by atoms with Crippen LogP contribution in [0.25, 0.3) is 5.70 Å². The number of hydrogen-bond donors (Lipinski definition) is 5. The van der Waals surface area contributed by atoms with E-state index in [1.807, 2.05) is 12.1 Å². The highest BCUT2D eigenvalue weighted by Crippen LogP contribution is 2.29. The first-order chi connectivity index (χ1) is 10.5. The number of nitrogens with two attached hydrogens (primary N) is 2. The Hall–Kier alpha value is -2.34. The summed E-state index contributed by atoms with van der Waals surface area (Å²) in [6.07, 6.45) is 1.85. The lowest BCUT2D eigenvalue weighted by Gasteiger charge is -2.50. The summed E-state index contributed by atoms with van der Waals surface area (Å²) in [5.41, 5.74) is 14.3. The van der Waals surface area contributed by atoms with Crippen molar-refractivity contribution in [3.63, 3.8) is 0 Å². The van der Waals surface area contributed by atoms with Crippen molar-refractivity contribution in [3.05, 3.63) is 47.4 Å². The summed E-state index contributed by atoms with van der Waals surface area (Å²) in [6, 6.07) is 7.05. The Bertz CT molecular complexity index is 639. The van der Waals surface area contributed by atoms with Crippen molar-refractivity contribution < 1.29 is 5.11 Å². The molecule has 1 aromatic rings. The predicted octanol–water partition coefficient (Wildman–Crippen LogP) is 0.0867. The Balaban J connectivity index is 1.98. The molecule has 6 nitrogen and oxygen atoms in total. The highest BCUT2D eigenvalue weighted by molar-refractivity contribution is 5.70. The zero-order valence-electron chi connectivity index (χ0n) is 12.8. The van der Waals surface area contributed by atoms with Gasteiger partial charge in [-0.3, -0.25) is 0 Å². The number of piperazine rings is 1. The Labute approximate surface area is 130 Å². The van der Waals surface area contributed by atoms with E-state index in [9.17, 15) is 5.11 Å². The average Bonchev–Trinajstić information content (AvgIpc) is 2.51. The number of rotatable bonds is 2. The van der Waals surface area contributed by atoms with E-state index in [0.29, 0.717) is 17.1 Å². The van der Waals surface area contributed by atoms with E-state index in [1.54, 1.807) is 18.2 Å². The predicted molar refractivity (Wildman–Crippen MR) is 87.5 cm³/mol. The van der Waals surface area contributed by atoms with Crippen LogP contribution in [0.5, 0.6) is 5.75 Å². The average molecular weight is 301 g/mol. The fraction of sp³-hybridized carbons (Fsp3) is 0.375. The number of nitrogens with one attached hydrogen (secondary N) is 2. The zero-order chi connectivity index (χ0) is 15.7. The van der Waals surface area contributed by atoms with E-state index in [0.717, 1.165) is 31.9 Å². The minimum Gasteiger partial charge on any atom is -0.507 e. The van der Waals surface area contributed by atoms with Gasteiger partial charge < -0.3 is 32.1 Å². The van der Waals surface area contributed by atoms with Crippen molar-refractivity contribution in [1.82, 2.24) is 15.5 Å². The molecule has 0 amide bonds. The number of fused-ring (bicyclic) bond motifs is 1. The molecule has 6 heteroatoms. The summed E-state index contributed by atoms with van der Waals surface area (Å²) in [7, 11) is 0. The van der Waals surface area contributed by atoms with Crippen LogP contribution < -0.4 is 22.1 Å². The Morgan fingerprint density at radius 3 is 2.91 bits per heavy atom. The quantitative estimate of drug-likeness (QED) is 0.531. The van der Waals surface area contributed by atoms with Crippen LogP contribution in [0.4, 0.5) is 0 Å². The number of phenolic OH excluding ortho intramolecular Hbond substituents is 1. The van der Waals surface area contributed by atoms with E-state index in [4.69, 9.17) is 11.5 Å². The lowest BCUT2D eigenvalue weighted by Crippen LogP contribution is -2.66. The van der Waals surface area contributed by atoms with E-state index in [-0.39, 0.29) is 11.3 Å². The third kappa shape index (κ3) is 2.46. The number of phenols is 1. The topological polar surface area (TPSA) is 99.6 Å². The smallest absolute Gasteiger partial charge is 0.124 e. The molecular formula is C16H23N5O. The molecule has 7 N–H and O–H groups in total. The summed E-state index contributed by atoms with van der Waals surface area (Å²) in [5, 5.41) is 16.6. The molecule has 1 fully saturated rings. The minimum atomic E-state index is -0.0357. The highest BCUT2D eigenvalue weighted by Gasteiger charge is 2.38. The summed E-state index contributed by atoms with van der Waals surface area (Å²) < 4.78 is 0. The maximum absolute atomic E-state index is 9.95. The van der Waals surface area contributed by atoms with Gasteiger partial charge in [-0.1, -0.05) is 12.1 Å². The van der Waals surface area contributed by atoms with E-state index >= 15 is 0 Å². The van der Waals surface area contributed by atoms with Crippen molar-refractivity contribution in [1.29, 1.82) is 0 Å². The van der Waals surface area contributed by atoms with Crippen LogP contribution in [-0.4, -0.2) is 41.7 Å². The van der Waals surface area contributed by atoms with Gasteiger partial charge in [0, 0.05) is 37.4 Å². The van der Waals surface area contributed by atoms with Crippen LogP contribution in [0.3, 0.4) is 0 Å². The van der Waals surface area contributed by atoms with Crippen LogP contribution in [0.15, 0.2) is 41.9 Å². The van der Waals surface area contributed by atoms with Gasteiger partial charge in [0.1, 0.15) is 11.6 Å². The standard InChI is InChI=1S/C16H23N5O/c1-16-9-19-6-7-21(16)13(15(18)20-10-16)8-12(17)11-4-2-3-5-14(11)22/h2-5,8,19-20,22H,6-7,9-10,17-18H2,1H3/b12-8-. The molecule has 0 aliphatic carbocycles. The minimum absolute atomic E-state index is 0.0357. The SMILES string of the molecule is CC12CNCCN1C(/C=C(\N)c1ccccc1O)=C(N)NC2. The van der Waals surface area contributed by atoms with Gasteiger partial charge >= 0.3 is 0 Å². The van der Waals surface area contributed by atoms with Crippen molar-refractivity contribution >= 4 is 5.70 Å². The maximum atomic E-state index is 9.95. The maximum Gasteiger partial charge on any atom is 0.124 e. The Morgan fingerprint density at radius 2 is 2.14 bits per heavy atom. The lowest BCUT2D eigenvalue weighted by atomic mass is 9.93. The second-order valence-electron chi connectivity index (χ2n) is 6.09. The summed E-state index contributed by atoms with van der Waals surface area (Å²) in [6.45, 7) is 5.67. The number of benzene rings is 1. The molecule has 2 heterocycles. The number of allylic oxidation sites excluding steroid dienone is 1. The van der Waals surface area contributed by atoms with Gasteiger partial charge in [0.05, 0.1) is 11.2 Å². The zero-order valence-corrected chi connectivity index (χ0v) is 12.8. The number of para-hydroxylation sites is 1. The fourth-order valence-corrected chi connectivity index (χ4v) is 3.10. The van der Waals surface area contributed by atoms with Crippen LogP contribution in [0, 0.1) is 0 Å². The summed E-state index contributed by atoms with van der Waals surface area (Å²) in [4.78, 5) is 2.29. The fourth-order valence-electron chi connectivity index (χ4n) is 3.10. The van der Waals surface area contributed by atoms with Crippen LogP contribution in [0.1, 0.15) is 12.5 Å². The third-order valence-electron chi connectivity index (χ3n) is 4.40. The molecule has 0 radical (unpaired) electrons. The van der Waals surface area contributed by atoms with Gasteiger partial charge in [0.25, 0.3) is 0 Å². The monoisotopic (exact) mass is 301 g/mol. The van der Waals surface area contributed by atoms with Gasteiger partial charge in [-0.15, -0.1) is 0 Å². The van der Waals surface area contributed by atoms with Crippen molar-refractivity contribution in [2.75, 3.05) is 26.2 Å². The third-order valence-corrected chi connectivity index (χ3v) is 4.40. The second-order valence-corrected chi connectivity index (χ2v) is 6.09. The van der Waals surface area contributed by atoms with Gasteiger partial charge in [0.15, 0.2) is 0 Å². The van der Waals surface area contributed by atoms with E-state index in [1.165, 1.54) is 0 Å². The van der Waals surface area contributed by atoms with Gasteiger partial charge in [0.2, 0.25) is 0 Å². The molecule has 0 saturated carbocycles. The van der Waals surface area contributed by atoms with Crippen LogP contribution >= 0.6 is 0 Å². The number of hydrogen-bond acceptors (Lipinski definition) is 6. The van der Waals surface area contributed by atoms with Crippen LogP contribution in [-0.2, 0) is 0 Å². The Kier molecular flexibility index (Phi) is 3.62. The normalized spacial score (nSPS) is 25.7. The highest BCUT2D eigenvalue weighted by atomic mass is 16.3. The van der Waals surface area contributed by atoms with E-state index in [2.05, 4.69) is 22.5 Å². The number of aromatic hydroxyl groups is 1. The lowest BCUT2D eigenvalue weighted by molar-refractivity contribution is 0.103. The molecule has 1 unspecified atom stereocenters. The summed E-state index contributed by atoms with van der Waals surface area (Å²) >= 11 is 0. The molecule has 3 rings (SSSR count). The van der Waals surface area contributed by atoms with Gasteiger partial charge in [-0.25, -0.2) is 0 Å². The first-order valence-electron chi connectivity index (χ1n) is 7.49. The molecule has 0 aromatic heterocycles. The molecule has 1 saturated heterocycles. The first kappa shape index (κ1) is 14.6. The van der Waals surface area contributed by atoms with Crippen LogP contribution in [0.2, 0.25) is 0 Å². The molecule has 22 heavy (non-hydrogen) atoms.